The molecule has 0 fully saturated rings. The van der Waals surface area contributed by atoms with Gasteiger partial charge < -0.3 is 10.2 Å². The first kappa shape index (κ1) is 51.8. The quantitative estimate of drug-likeness (QED) is 0.221. The van der Waals surface area contributed by atoms with Gasteiger partial charge in [0.25, 0.3) is 0 Å². The Kier molecular flexibility index (Phi) is 23.0. The Labute approximate surface area is 323 Å². The summed E-state index contributed by atoms with van der Waals surface area (Å²) >= 11 is 0. The van der Waals surface area contributed by atoms with Gasteiger partial charge in [0.2, 0.25) is 0 Å². The first-order valence-corrected chi connectivity index (χ1v) is 20.6. The monoisotopic (exact) mass is 758 g/mol. The summed E-state index contributed by atoms with van der Waals surface area (Å²) in [5, 5.41) is 0. The van der Waals surface area contributed by atoms with E-state index in [0.29, 0.717) is 4.90 Å². The molecule has 0 unspecified atom stereocenters. The van der Waals surface area contributed by atoms with Crippen molar-refractivity contribution in [2.45, 2.75) is 150 Å². The fourth-order valence-electron chi connectivity index (χ4n) is 4.07. The van der Waals surface area contributed by atoms with Gasteiger partial charge in [-0.1, -0.05) is 154 Å². The van der Waals surface area contributed by atoms with E-state index in [1.807, 2.05) is 25.1 Å². The van der Waals surface area contributed by atoms with Gasteiger partial charge in [0, 0.05) is 18.1 Å². The summed E-state index contributed by atoms with van der Waals surface area (Å²) < 4.78 is 53.6. The fraction of sp³-hybridized carbons (Fsp3) is 0.522. The van der Waals surface area contributed by atoms with E-state index in [-0.39, 0.29) is 33.3 Å². The van der Waals surface area contributed by atoms with Crippen molar-refractivity contribution in [3.8, 4) is 0 Å². The van der Waals surface area contributed by atoms with Crippen LogP contribution in [0.5, 0.6) is 0 Å². The normalized spacial score (nSPS) is 11.4. The maximum atomic E-state index is 12.7. The predicted molar refractivity (Wildman–Crippen MR) is 226 cm³/mol. The SMILES string of the molecule is CC(C)(C)c1cccc(F)c1.CC(C)(C)c1cccc(F)c1.CC(C)(C)c1cccc(S(C)(=O)=O)c1.CCC.CCN.CCc1ccc(C(C)(C)C)o1. The number of rotatable bonds is 2. The molecular formula is C46H73F2NO3S. The number of aryl methyl sites for hydroxylation is 1. The second kappa shape index (κ2) is 23.5. The van der Waals surface area contributed by atoms with E-state index < -0.39 is 9.84 Å². The lowest BCUT2D eigenvalue weighted by Gasteiger charge is -2.19. The highest BCUT2D eigenvalue weighted by Crippen LogP contribution is 2.26. The Hall–Kier alpha value is -3.29. The number of nitrogens with two attached hydrogens (primary N) is 1. The first-order chi connectivity index (χ1) is 24.1. The second-order valence-electron chi connectivity index (χ2n) is 17.1. The van der Waals surface area contributed by atoms with Crippen molar-refractivity contribution in [2.24, 2.45) is 5.73 Å². The highest BCUT2D eigenvalue weighted by atomic mass is 32.2. The van der Waals surface area contributed by atoms with Crippen molar-refractivity contribution < 1.29 is 21.6 Å². The van der Waals surface area contributed by atoms with Crippen LogP contribution in [0, 0.1) is 11.6 Å². The van der Waals surface area contributed by atoms with Crippen molar-refractivity contribution >= 4 is 9.84 Å². The number of halogens is 2. The third kappa shape index (κ3) is 23.2. The minimum absolute atomic E-state index is 0.0132. The van der Waals surface area contributed by atoms with Gasteiger partial charge in [0.05, 0.1) is 4.90 Å². The molecule has 0 aliphatic rings. The van der Waals surface area contributed by atoms with Gasteiger partial charge in [-0.2, -0.15) is 0 Å². The molecule has 0 amide bonds. The molecule has 0 saturated carbocycles. The molecule has 300 valence electrons. The van der Waals surface area contributed by atoms with Crippen LogP contribution in [0.15, 0.2) is 94.2 Å². The lowest BCUT2D eigenvalue weighted by Crippen LogP contribution is -2.11. The number of furan rings is 1. The van der Waals surface area contributed by atoms with Gasteiger partial charge >= 0.3 is 0 Å². The first-order valence-electron chi connectivity index (χ1n) is 18.7. The summed E-state index contributed by atoms with van der Waals surface area (Å²) in [7, 11) is -3.09. The van der Waals surface area contributed by atoms with E-state index in [4.69, 9.17) is 10.2 Å². The zero-order chi connectivity index (χ0) is 41.8. The Morgan fingerprint density at radius 3 is 1.13 bits per heavy atom. The summed E-state index contributed by atoms with van der Waals surface area (Å²) in [6, 6.07) is 24.7. The van der Waals surface area contributed by atoms with Gasteiger partial charge in [-0.05, 0) is 88.0 Å². The van der Waals surface area contributed by atoms with Crippen LogP contribution in [0.1, 0.15) is 145 Å². The zero-order valence-electron chi connectivity index (χ0n) is 36.2. The van der Waals surface area contributed by atoms with Crippen LogP contribution in [0.3, 0.4) is 0 Å². The van der Waals surface area contributed by atoms with E-state index >= 15 is 0 Å². The summed E-state index contributed by atoms with van der Waals surface area (Å²) in [4.78, 5) is 0.393. The second-order valence-corrected chi connectivity index (χ2v) is 19.1. The molecule has 4 aromatic rings. The molecule has 0 aliphatic carbocycles. The van der Waals surface area contributed by atoms with Crippen molar-refractivity contribution in [1.82, 2.24) is 0 Å². The third-order valence-corrected chi connectivity index (χ3v) is 8.37. The largest absolute Gasteiger partial charge is 0.466 e. The van der Waals surface area contributed by atoms with Crippen LogP contribution in [-0.4, -0.2) is 21.2 Å². The van der Waals surface area contributed by atoms with Crippen molar-refractivity contribution in [2.75, 3.05) is 12.8 Å². The number of benzene rings is 3. The molecule has 2 N–H and O–H groups in total. The van der Waals surface area contributed by atoms with Gasteiger partial charge in [0.1, 0.15) is 23.2 Å². The highest BCUT2D eigenvalue weighted by Gasteiger charge is 2.18. The van der Waals surface area contributed by atoms with E-state index in [2.05, 4.69) is 116 Å². The van der Waals surface area contributed by atoms with Crippen LogP contribution < -0.4 is 5.73 Å². The smallest absolute Gasteiger partial charge is 0.175 e. The molecule has 0 bridgehead atoms. The molecule has 4 rings (SSSR count). The maximum Gasteiger partial charge on any atom is 0.175 e. The zero-order valence-corrected chi connectivity index (χ0v) is 37.0. The third-order valence-electron chi connectivity index (χ3n) is 7.26. The number of hydrogen-bond donors (Lipinski definition) is 1. The molecule has 0 saturated heterocycles. The van der Waals surface area contributed by atoms with Crippen LogP contribution in [0.4, 0.5) is 8.78 Å². The molecule has 53 heavy (non-hydrogen) atoms. The van der Waals surface area contributed by atoms with Crippen LogP contribution in [0.25, 0.3) is 0 Å². The average Bonchev–Trinajstić information content (AvgIpc) is 3.52. The minimum Gasteiger partial charge on any atom is -0.466 e. The lowest BCUT2D eigenvalue weighted by molar-refractivity contribution is 0.388. The number of hydrogen-bond acceptors (Lipinski definition) is 4. The van der Waals surface area contributed by atoms with E-state index in [9.17, 15) is 17.2 Å². The molecule has 7 heteroatoms. The Balaban J connectivity index is 0. The summed E-state index contributed by atoms with van der Waals surface area (Å²) in [6.45, 7) is 34.1. The fourth-order valence-corrected chi connectivity index (χ4v) is 4.74. The average molecular weight is 758 g/mol. The molecule has 1 aromatic heterocycles. The Bertz CT molecular complexity index is 1620. The highest BCUT2D eigenvalue weighted by molar-refractivity contribution is 7.90. The summed E-state index contributed by atoms with van der Waals surface area (Å²) in [6.07, 6.45) is 3.46. The van der Waals surface area contributed by atoms with E-state index in [1.165, 1.54) is 24.8 Å². The minimum atomic E-state index is -3.09. The van der Waals surface area contributed by atoms with E-state index in [0.717, 1.165) is 41.2 Å². The van der Waals surface area contributed by atoms with Crippen molar-refractivity contribution in [3.63, 3.8) is 0 Å². The molecule has 0 atom stereocenters. The van der Waals surface area contributed by atoms with Gasteiger partial charge in [-0.25, -0.2) is 17.2 Å². The van der Waals surface area contributed by atoms with Crippen molar-refractivity contribution in [1.29, 1.82) is 0 Å². The van der Waals surface area contributed by atoms with E-state index in [1.54, 1.807) is 42.5 Å². The molecule has 0 spiro atoms. The molecule has 1 heterocycles. The number of sulfone groups is 1. The van der Waals surface area contributed by atoms with Gasteiger partial charge in [-0.3, -0.25) is 0 Å². The Morgan fingerprint density at radius 1 is 0.566 bits per heavy atom. The summed E-state index contributed by atoms with van der Waals surface area (Å²) in [5.41, 5.74) is 8.19. The van der Waals surface area contributed by atoms with Gasteiger partial charge in [-0.15, -0.1) is 0 Å². The molecule has 4 nitrogen and oxygen atoms in total. The lowest BCUT2D eigenvalue weighted by atomic mass is 9.87. The van der Waals surface area contributed by atoms with Gasteiger partial charge in [0.15, 0.2) is 9.84 Å². The summed E-state index contributed by atoms with van der Waals surface area (Å²) in [5.74, 6) is 1.85. The maximum absolute atomic E-state index is 12.7. The van der Waals surface area contributed by atoms with Crippen molar-refractivity contribution in [3.05, 3.63) is 125 Å². The van der Waals surface area contributed by atoms with Crippen LogP contribution >= 0.6 is 0 Å². The predicted octanol–water partition coefficient (Wildman–Crippen LogP) is 13.2. The van der Waals surface area contributed by atoms with Crippen LogP contribution in [-0.2, 0) is 37.9 Å². The Morgan fingerprint density at radius 2 is 0.906 bits per heavy atom. The molecular weight excluding hydrogens is 685 g/mol. The molecule has 3 aromatic carbocycles. The topological polar surface area (TPSA) is 73.3 Å². The molecule has 0 radical (unpaired) electrons. The standard InChI is InChI=1S/C11H16O2S.2C10H13F.C10H16O.C3H8.C2H7N/c1-11(2,3)9-6-5-7-10(8-9)14(4,12)13;2*1-10(2,3)8-5-4-6-9(11)7-8;1-5-8-6-7-9(11-8)10(2,3)4;1-3-2;1-2-3/h5-8H,1-4H3;2*4-7H,1-3H3;6-7H,5H2,1-4H3;3H2,1-2H3;2-3H2,1H3. The van der Waals surface area contributed by atoms with Crippen LogP contribution in [0.2, 0.25) is 0 Å². The molecule has 0 aliphatic heterocycles.